The number of hydrogen-bond acceptors (Lipinski definition) is 7. The number of sulfone groups is 1. The van der Waals surface area contributed by atoms with Crippen molar-refractivity contribution in [2.75, 3.05) is 18.1 Å². The molecule has 0 N–H and O–H groups in total. The molecule has 0 aromatic heterocycles. The third-order valence-electron chi connectivity index (χ3n) is 4.28. The van der Waals surface area contributed by atoms with Gasteiger partial charge in [-0.15, -0.1) is 11.8 Å². The number of esters is 1. The molecule has 0 aliphatic carbocycles. The van der Waals surface area contributed by atoms with Crippen LogP contribution in [-0.4, -0.2) is 32.5 Å². The van der Waals surface area contributed by atoms with E-state index in [9.17, 15) is 13.2 Å². The van der Waals surface area contributed by atoms with Crippen LogP contribution in [0.25, 0.3) is 0 Å². The normalized spacial score (nSPS) is 12.6. The van der Waals surface area contributed by atoms with Crippen LogP contribution in [0.3, 0.4) is 0 Å². The number of thioether (sulfide) groups is 1. The Labute approximate surface area is 182 Å². The Hall–Kier alpha value is -2.45. The molecule has 0 heterocycles. The smallest absolute Gasteiger partial charge is 0.330 e. The molecule has 0 saturated carbocycles. The van der Waals surface area contributed by atoms with E-state index in [4.69, 9.17) is 4.74 Å². The van der Waals surface area contributed by atoms with Gasteiger partial charge in [-0.1, -0.05) is 26.8 Å². The summed E-state index contributed by atoms with van der Waals surface area (Å²) in [5, 5.41) is 8.35. The van der Waals surface area contributed by atoms with E-state index in [-0.39, 0.29) is 11.7 Å². The van der Waals surface area contributed by atoms with Crippen molar-refractivity contribution in [2.24, 2.45) is 16.1 Å². The molecular weight excluding hydrogens is 420 g/mol. The van der Waals surface area contributed by atoms with Gasteiger partial charge in [0.15, 0.2) is 9.84 Å². The van der Waals surface area contributed by atoms with E-state index in [0.29, 0.717) is 28.6 Å². The maximum absolute atomic E-state index is 12.4. The molecule has 0 unspecified atom stereocenters. The minimum absolute atomic E-state index is 0.123. The van der Waals surface area contributed by atoms with Gasteiger partial charge in [-0.2, -0.15) is 10.2 Å². The van der Waals surface area contributed by atoms with Crippen molar-refractivity contribution in [1.29, 1.82) is 0 Å². The van der Waals surface area contributed by atoms with Crippen LogP contribution in [0, 0.1) is 5.92 Å². The second-order valence-corrected chi connectivity index (χ2v) is 9.91. The summed E-state index contributed by atoms with van der Waals surface area (Å²) in [4.78, 5) is 12.3. The monoisotopic (exact) mass is 446 g/mol. The predicted octanol–water partition coefficient (Wildman–Crippen LogP) is 5.74. The Balaban J connectivity index is 1.91. The fourth-order valence-electron chi connectivity index (χ4n) is 2.39. The summed E-state index contributed by atoms with van der Waals surface area (Å²) in [6, 6.07) is 14.0. The highest BCUT2D eigenvalue weighted by atomic mass is 32.2. The van der Waals surface area contributed by atoms with E-state index < -0.39 is 15.8 Å². The molecule has 0 saturated heterocycles. The van der Waals surface area contributed by atoms with Crippen LogP contribution in [0.15, 0.2) is 81.2 Å². The molecule has 160 valence electrons. The Morgan fingerprint density at radius 2 is 1.67 bits per heavy atom. The van der Waals surface area contributed by atoms with Crippen LogP contribution in [0.4, 0.5) is 11.4 Å². The lowest BCUT2D eigenvalue weighted by molar-refractivity contribution is -0.137. The molecule has 8 heteroatoms. The average molecular weight is 447 g/mol. The van der Waals surface area contributed by atoms with Crippen molar-refractivity contribution in [1.82, 2.24) is 0 Å². The third kappa shape index (κ3) is 7.76. The molecule has 0 aliphatic heterocycles. The molecule has 2 aromatic carbocycles. The van der Waals surface area contributed by atoms with Crippen LogP contribution in [0.1, 0.15) is 20.3 Å². The minimum atomic E-state index is -3.28. The molecular formula is C22H26N2O4S2. The quantitative estimate of drug-likeness (QED) is 0.144. The first-order valence-electron chi connectivity index (χ1n) is 9.60. The van der Waals surface area contributed by atoms with Gasteiger partial charge in [-0.25, -0.2) is 13.2 Å². The van der Waals surface area contributed by atoms with Crippen molar-refractivity contribution in [3.8, 4) is 0 Å². The summed E-state index contributed by atoms with van der Waals surface area (Å²) >= 11 is 1.56. The van der Waals surface area contributed by atoms with Gasteiger partial charge in [0.05, 0.1) is 22.0 Å². The number of carbonyl (C=O) groups is 1. The SMILES string of the molecule is C=CC(=O)OCCSc1ccc(/N=N/c2ccc(S(=O)(=O)C[C@H](C)CC)cc2)cc1. The van der Waals surface area contributed by atoms with Crippen LogP contribution >= 0.6 is 11.8 Å². The summed E-state index contributed by atoms with van der Waals surface area (Å²) in [5.74, 6) is 0.489. The molecule has 1 atom stereocenters. The number of carbonyl (C=O) groups excluding carboxylic acids is 1. The largest absolute Gasteiger partial charge is 0.462 e. The molecule has 6 nitrogen and oxygen atoms in total. The summed E-state index contributed by atoms with van der Waals surface area (Å²) in [6.45, 7) is 7.58. The van der Waals surface area contributed by atoms with Crippen molar-refractivity contribution >= 4 is 38.9 Å². The zero-order valence-corrected chi connectivity index (χ0v) is 18.8. The van der Waals surface area contributed by atoms with E-state index in [1.165, 1.54) is 0 Å². The average Bonchev–Trinajstić information content (AvgIpc) is 2.75. The molecule has 30 heavy (non-hydrogen) atoms. The maximum Gasteiger partial charge on any atom is 0.330 e. The standard InChI is InChI=1S/C22H26N2O4S2/c1-4-17(3)16-30(26,27)21-12-8-19(9-13-21)24-23-18-6-10-20(11-7-18)29-15-14-28-22(25)5-2/h5-13,17H,2,4,14-16H2,1,3H3/b24-23+/t17-/m1/s1. The number of hydrogen-bond donors (Lipinski definition) is 0. The van der Waals surface area contributed by atoms with Gasteiger partial charge in [-0.3, -0.25) is 0 Å². The Morgan fingerprint density at radius 1 is 1.10 bits per heavy atom. The second kappa shape index (κ2) is 11.7. The van der Waals surface area contributed by atoms with Gasteiger partial charge < -0.3 is 4.74 Å². The van der Waals surface area contributed by atoms with Crippen LogP contribution < -0.4 is 0 Å². The molecule has 2 aromatic rings. The van der Waals surface area contributed by atoms with E-state index in [1.807, 2.05) is 38.1 Å². The first kappa shape index (κ1) is 23.8. The van der Waals surface area contributed by atoms with E-state index >= 15 is 0 Å². The lowest BCUT2D eigenvalue weighted by Gasteiger charge is -2.09. The number of benzene rings is 2. The lowest BCUT2D eigenvalue weighted by Crippen LogP contribution is -2.13. The highest BCUT2D eigenvalue weighted by molar-refractivity contribution is 7.99. The highest BCUT2D eigenvalue weighted by Crippen LogP contribution is 2.24. The van der Waals surface area contributed by atoms with Crippen molar-refractivity contribution in [3.05, 3.63) is 61.2 Å². The minimum Gasteiger partial charge on any atom is -0.462 e. The molecule has 0 aliphatic rings. The number of rotatable bonds is 11. The summed E-state index contributed by atoms with van der Waals surface area (Å²) in [7, 11) is -3.28. The first-order chi connectivity index (χ1) is 14.3. The molecule has 0 radical (unpaired) electrons. The summed E-state index contributed by atoms with van der Waals surface area (Å²) in [6.07, 6.45) is 1.97. The van der Waals surface area contributed by atoms with Gasteiger partial charge in [0.25, 0.3) is 0 Å². The zero-order valence-electron chi connectivity index (χ0n) is 17.2. The fraction of sp³-hybridized carbons (Fsp3) is 0.318. The van der Waals surface area contributed by atoms with Crippen molar-refractivity contribution in [3.63, 3.8) is 0 Å². The molecule has 0 spiro atoms. The molecule has 2 rings (SSSR count). The van der Waals surface area contributed by atoms with Crippen LogP contribution in [0.2, 0.25) is 0 Å². The number of nitrogens with zero attached hydrogens (tertiary/aromatic N) is 2. The van der Waals surface area contributed by atoms with Gasteiger partial charge in [0.2, 0.25) is 0 Å². The van der Waals surface area contributed by atoms with E-state index in [2.05, 4.69) is 16.8 Å². The van der Waals surface area contributed by atoms with Gasteiger partial charge >= 0.3 is 5.97 Å². The second-order valence-electron chi connectivity index (χ2n) is 6.70. The number of ether oxygens (including phenoxy) is 1. The first-order valence-corrected chi connectivity index (χ1v) is 12.2. The Morgan fingerprint density at radius 3 is 2.20 bits per heavy atom. The van der Waals surface area contributed by atoms with Gasteiger partial charge in [-0.05, 0) is 54.4 Å². The maximum atomic E-state index is 12.4. The molecule has 0 amide bonds. The number of azo groups is 1. The molecule has 0 fully saturated rings. The lowest BCUT2D eigenvalue weighted by atomic mass is 10.2. The Bertz CT molecular complexity index is 969. The Kier molecular flexibility index (Phi) is 9.26. The van der Waals surface area contributed by atoms with Gasteiger partial charge in [0.1, 0.15) is 6.61 Å². The van der Waals surface area contributed by atoms with Crippen LogP contribution in [-0.2, 0) is 19.4 Å². The zero-order chi connectivity index (χ0) is 22.0. The van der Waals surface area contributed by atoms with Crippen molar-refractivity contribution < 1.29 is 17.9 Å². The third-order valence-corrected chi connectivity index (χ3v) is 7.25. The summed E-state index contributed by atoms with van der Waals surface area (Å²) in [5.41, 5.74) is 1.27. The highest BCUT2D eigenvalue weighted by Gasteiger charge is 2.17. The van der Waals surface area contributed by atoms with Gasteiger partial charge in [0, 0.05) is 16.7 Å². The van der Waals surface area contributed by atoms with Crippen LogP contribution in [0.5, 0.6) is 0 Å². The van der Waals surface area contributed by atoms with E-state index in [0.717, 1.165) is 17.4 Å². The predicted molar refractivity (Wildman–Crippen MR) is 120 cm³/mol. The summed E-state index contributed by atoms with van der Waals surface area (Å²) < 4.78 is 29.7. The van der Waals surface area contributed by atoms with E-state index in [1.54, 1.807) is 36.0 Å². The van der Waals surface area contributed by atoms with Crippen molar-refractivity contribution in [2.45, 2.75) is 30.1 Å². The topological polar surface area (TPSA) is 85.2 Å². The fourth-order valence-corrected chi connectivity index (χ4v) is 4.85. The molecule has 0 bridgehead atoms.